The molecule has 1 aliphatic rings. The molecule has 5 nitrogen and oxygen atoms in total. The van der Waals surface area contributed by atoms with Gasteiger partial charge in [0.1, 0.15) is 0 Å². The van der Waals surface area contributed by atoms with Crippen LogP contribution in [0.25, 0.3) is 0 Å². The first-order chi connectivity index (χ1) is 8.33. The van der Waals surface area contributed by atoms with E-state index in [1.165, 1.54) is 12.8 Å². The van der Waals surface area contributed by atoms with E-state index < -0.39 is 0 Å². The molecule has 17 heavy (non-hydrogen) atoms. The van der Waals surface area contributed by atoms with Crippen LogP contribution in [0.5, 0.6) is 0 Å². The number of aromatic nitrogens is 2. The summed E-state index contributed by atoms with van der Waals surface area (Å²) in [4.78, 5) is 2.39. The second kappa shape index (κ2) is 6.12. The van der Waals surface area contributed by atoms with E-state index in [0.29, 0.717) is 11.9 Å². The van der Waals surface area contributed by atoms with E-state index in [4.69, 9.17) is 9.52 Å². The lowest BCUT2D eigenvalue weighted by molar-refractivity contribution is 0.210. The highest BCUT2D eigenvalue weighted by molar-refractivity contribution is 4.88. The first-order valence-corrected chi connectivity index (χ1v) is 6.49. The third kappa shape index (κ3) is 3.78. The number of unbranched alkanes of at least 4 members (excludes halogenated alkanes) is 1. The Balaban J connectivity index is 1.83. The van der Waals surface area contributed by atoms with Crippen molar-refractivity contribution in [2.45, 2.75) is 51.6 Å². The standard InChI is InChI=1S/C12H21N3O2/c1-2-11-13-14-12(17-11)9-15(10-5-6-10)7-3-4-8-16/h10,16H,2-9H2,1H3. The molecule has 1 fully saturated rings. The molecule has 1 saturated carbocycles. The molecule has 0 unspecified atom stereocenters. The van der Waals surface area contributed by atoms with Crippen molar-refractivity contribution in [2.75, 3.05) is 13.2 Å². The van der Waals surface area contributed by atoms with Gasteiger partial charge in [-0.3, -0.25) is 4.90 Å². The average molecular weight is 239 g/mol. The minimum absolute atomic E-state index is 0.277. The summed E-state index contributed by atoms with van der Waals surface area (Å²) in [5.41, 5.74) is 0. The van der Waals surface area contributed by atoms with Gasteiger partial charge in [0.05, 0.1) is 6.54 Å². The van der Waals surface area contributed by atoms with Crippen molar-refractivity contribution in [3.05, 3.63) is 11.8 Å². The van der Waals surface area contributed by atoms with Gasteiger partial charge >= 0.3 is 0 Å². The van der Waals surface area contributed by atoms with Crippen LogP contribution in [0.2, 0.25) is 0 Å². The molecule has 5 heteroatoms. The Morgan fingerprint density at radius 3 is 2.65 bits per heavy atom. The highest BCUT2D eigenvalue weighted by atomic mass is 16.4. The van der Waals surface area contributed by atoms with Gasteiger partial charge in [-0.05, 0) is 32.2 Å². The molecule has 1 aromatic rings. The SMILES string of the molecule is CCc1nnc(CN(CCCCO)C2CC2)o1. The fourth-order valence-electron chi connectivity index (χ4n) is 1.93. The number of aliphatic hydroxyl groups excluding tert-OH is 1. The molecule has 96 valence electrons. The van der Waals surface area contributed by atoms with Gasteiger partial charge in [-0.15, -0.1) is 10.2 Å². The summed E-state index contributed by atoms with van der Waals surface area (Å²) in [6.45, 7) is 4.05. The summed E-state index contributed by atoms with van der Waals surface area (Å²) >= 11 is 0. The first kappa shape index (κ1) is 12.5. The predicted octanol–water partition coefficient (Wildman–Crippen LogP) is 1.37. The zero-order chi connectivity index (χ0) is 12.1. The van der Waals surface area contributed by atoms with E-state index in [2.05, 4.69) is 15.1 Å². The van der Waals surface area contributed by atoms with Crippen LogP contribution in [-0.4, -0.2) is 39.4 Å². The van der Waals surface area contributed by atoms with Crippen molar-refractivity contribution >= 4 is 0 Å². The van der Waals surface area contributed by atoms with E-state index in [9.17, 15) is 0 Å². The third-order valence-electron chi connectivity index (χ3n) is 3.07. The topological polar surface area (TPSA) is 62.4 Å². The number of hydrogen-bond donors (Lipinski definition) is 1. The fraction of sp³-hybridized carbons (Fsp3) is 0.833. The summed E-state index contributed by atoms with van der Waals surface area (Å²) in [7, 11) is 0. The minimum atomic E-state index is 0.277. The van der Waals surface area contributed by atoms with Gasteiger partial charge in [-0.25, -0.2) is 0 Å². The number of nitrogens with zero attached hydrogens (tertiary/aromatic N) is 3. The summed E-state index contributed by atoms with van der Waals surface area (Å²) in [5.74, 6) is 1.43. The van der Waals surface area contributed by atoms with Crippen LogP contribution < -0.4 is 0 Å². The Labute approximate surface area is 102 Å². The zero-order valence-corrected chi connectivity index (χ0v) is 10.4. The fourth-order valence-corrected chi connectivity index (χ4v) is 1.93. The Hall–Kier alpha value is -0.940. The molecular weight excluding hydrogens is 218 g/mol. The van der Waals surface area contributed by atoms with Crippen LogP contribution in [0.15, 0.2) is 4.42 Å². The Bertz CT molecular complexity index is 336. The van der Waals surface area contributed by atoms with Crippen LogP contribution in [0, 0.1) is 0 Å². The lowest BCUT2D eigenvalue weighted by Crippen LogP contribution is -2.27. The van der Waals surface area contributed by atoms with Crippen molar-refractivity contribution in [1.82, 2.24) is 15.1 Å². The lowest BCUT2D eigenvalue weighted by atomic mass is 10.3. The Morgan fingerprint density at radius 2 is 2.06 bits per heavy atom. The molecule has 1 N–H and O–H groups in total. The van der Waals surface area contributed by atoms with E-state index in [-0.39, 0.29) is 6.61 Å². The first-order valence-electron chi connectivity index (χ1n) is 6.49. The van der Waals surface area contributed by atoms with Gasteiger partial charge in [0, 0.05) is 19.1 Å². The maximum Gasteiger partial charge on any atom is 0.230 e. The van der Waals surface area contributed by atoms with Gasteiger partial charge in [0.25, 0.3) is 0 Å². The van der Waals surface area contributed by atoms with Crippen LogP contribution in [0.3, 0.4) is 0 Å². The van der Waals surface area contributed by atoms with E-state index in [1.807, 2.05) is 6.92 Å². The maximum absolute atomic E-state index is 8.80. The Morgan fingerprint density at radius 1 is 1.29 bits per heavy atom. The van der Waals surface area contributed by atoms with Gasteiger partial charge in [-0.2, -0.15) is 0 Å². The van der Waals surface area contributed by atoms with E-state index in [1.54, 1.807) is 0 Å². The summed E-state index contributed by atoms with van der Waals surface area (Å²) < 4.78 is 5.53. The van der Waals surface area contributed by atoms with Crippen molar-refractivity contribution < 1.29 is 9.52 Å². The second-order valence-electron chi connectivity index (χ2n) is 4.58. The highest BCUT2D eigenvalue weighted by Crippen LogP contribution is 2.28. The molecule has 0 saturated heterocycles. The number of aliphatic hydroxyl groups is 1. The van der Waals surface area contributed by atoms with E-state index in [0.717, 1.165) is 38.2 Å². The second-order valence-corrected chi connectivity index (χ2v) is 4.58. The molecule has 0 aromatic carbocycles. The monoisotopic (exact) mass is 239 g/mol. The van der Waals surface area contributed by atoms with Gasteiger partial charge in [0.2, 0.25) is 11.8 Å². The van der Waals surface area contributed by atoms with Crippen LogP contribution in [-0.2, 0) is 13.0 Å². The molecule has 2 rings (SSSR count). The number of rotatable bonds is 8. The maximum atomic E-state index is 8.80. The van der Waals surface area contributed by atoms with Crippen molar-refractivity contribution in [3.8, 4) is 0 Å². The van der Waals surface area contributed by atoms with Crippen LogP contribution in [0.1, 0.15) is 44.4 Å². The highest BCUT2D eigenvalue weighted by Gasteiger charge is 2.29. The van der Waals surface area contributed by atoms with Crippen molar-refractivity contribution in [2.24, 2.45) is 0 Å². The molecule has 0 atom stereocenters. The predicted molar refractivity (Wildman–Crippen MR) is 63.4 cm³/mol. The third-order valence-corrected chi connectivity index (χ3v) is 3.07. The summed E-state index contributed by atoms with van der Waals surface area (Å²) in [6.07, 6.45) is 5.23. The van der Waals surface area contributed by atoms with Gasteiger partial charge in [-0.1, -0.05) is 6.92 Å². The molecule has 1 heterocycles. The molecule has 0 aliphatic heterocycles. The summed E-state index contributed by atoms with van der Waals surface area (Å²) in [6, 6.07) is 0.686. The molecule has 0 radical (unpaired) electrons. The van der Waals surface area contributed by atoms with Crippen LogP contribution >= 0.6 is 0 Å². The van der Waals surface area contributed by atoms with Crippen molar-refractivity contribution in [3.63, 3.8) is 0 Å². The quantitative estimate of drug-likeness (QED) is 0.694. The molecule has 1 aliphatic carbocycles. The smallest absolute Gasteiger partial charge is 0.230 e. The minimum Gasteiger partial charge on any atom is -0.424 e. The average Bonchev–Trinajstić information content (AvgIpc) is 3.09. The van der Waals surface area contributed by atoms with Gasteiger partial charge < -0.3 is 9.52 Å². The molecule has 1 aromatic heterocycles. The van der Waals surface area contributed by atoms with Gasteiger partial charge in [0.15, 0.2) is 0 Å². The Kier molecular flexibility index (Phi) is 4.50. The molecular formula is C12H21N3O2. The summed E-state index contributed by atoms with van der Waals surface area (Å²) in [5, 5.41) is 16.8. The number of aryl methyl sites for hydroxylation is 1. The molecule has 0 bridgehead atoms. The normalized spacial score (nSPS) is 15.7. The largest absolute Gasteiger partial charge is 0.424 e. The van der Waals surface area contributed by atoms with E-state index >= 15 is 0 Å². The van der Waals surface area contributed by atoms with Crippen LogP contribution in [0.4, 0.5) is 0 Å². The zero-order valence-electron chi connectivity index (χ0n) is 10.4. The molecule has 0 amide bonds. The number of hydrogen-bond acceptors (Lipinski definition) is 5. The van der Waals surface area contributed by atoms with Crippen molar-refractivity contribution in [1.29, 1.82) is 0 Å². The lowest BCUT2D eigenvalue weighted by Gasteiger charge is -2.19. The molecule has 0 spiro atoms.